The fraction of sp³-hybridized carbons (Fsp3) is 0.500. The van der Waals surface area contributed by atoms with Gasteiger partial charge in [-0.25, -0.2) is 4.98 Å². The van der Waals surface area contributed by atoms with Gasteiger partial charge in [-0.1, -0.05) is 0 Å². The van der Waals surface area contributed by atoms with Crippen LogP contribution in [0.15, 0.2) is 18.3 Å². The van der Waals surface area contributed by atoms with Gasteiger partial charge >= 0.3 is 0 Å². The quantitative estimate of drug-likeness (QED) is 0.875. The smallest absolute Gasteiger partial charge is 0.252 e. The van der Waals surface area contributed by atoms with E-state index in [1.165, 1.54) is 12.6 Å². The standard InChI is InChI=1S/C14H18N4O/c1-18-7-5-11(10-18)4-6-16-14(19)12-2-3-13(8-15)17-9-12/h2-3,9,11H,4-7,10H2,1H3,(H,16,19). The van der Waals surface area contributed by atoms with Crippen LogP contribution in [0, 0.1) is 17.2 Å². The molecule has 1 atom stereocenters. The van der Waals surface area contributed by atoms with E-state index in [9.17, 15) is 4.79 Å². The second-order valence-corrected chi connectivity index (χ2v) is 5.01. The Labute approximate surface area is 113 Å². The lowest BCUT2D eigenvalue weighted by Crippen LogP contribution is -2.26. The number of likely N-dealkylation sites (tertiary alicyclic amines) is 1. The summed E-state index contributed by atoms with van der Waals surface area (Å²) < 4.78 is 0. The summed E-state index contributed by atoms with van der Waals surface area (Å²) in [5.41, 5.74) is 0.827. The lowest BCUT2D eigenvalue weighted by Gasteiger charge is -2.11. The monoisotopic (exact) mass is 258 g/mol. The Bertz CT molecular complexity index is 477. The molecule has 1 saturated heterocycles. The summed E-state index contributed by atoms with van der Waals surface area (Å²) in [4.78, 5) is 18.0. The summed E-state index contributed by atoms with van der Waals surface area (Å²) in [6, 6.07) is 5.12. The lowest BCUT2D eigenvalue weighted by molar-refractivity contribution is 0.0951. The number of rotatable bonds is 4. The van der Waals surface area contributed by atoms with E-state index >= 15 is 0 Å². The van der Waals surface area contributed by atoms with E-state index in [2.05, 4.69) is 22.2 Å². The highest BCUT2D eigenvalue weighted by Gasteiger charge is 2.19. The highest BCUT2D eigenvalue weighted by molar-refractivity contribution is 5.93. The zero-order chi connectivity index (χ0) is 13.7. The van der Waals surface area contributed by atoms with Crippen LogP contribution in [0.4, 0.5) is 0 Å². The predicted octanol–water partition coefficient (Wildman–Crippen LogP) is 1.02. The van der Waals surface area contributed by atoms with E-state index in [0.29, 0.717) is 23.7 Å². The van der Waals surface area contributed by atoms with Gasteiger partial charge in [0, 0.05) is 19.3 Å². The number of hydrogen-bond acceptors (Lipinski definition) is 4. The molecule has 1 fully saturated rings. The zero-order valence-corrected chi connectivity index (χ0v) is 11.1. The average molecular weight is 258 g/mol. The van der Waals surface area contributed by atoms with Crippen molar-refractivity contribution in [2.45, 2.75) is 12.8 Å². The Balaban J connectivity index is 1.76. The molecule has 0 bridgehead atoms. The number of nitriles is 1. The van der Waals surface area contributed by atoms with Gasteiger partial charge in [0.25, 0.3) is 5.91 Å². The number of nitrogens with zero attached hydrogens (tertiary/aromatic N) is 3. The maximum absolute atomic E-state index is 11.8. The van der Waals surface area contributed by atoms with Gasteiger partial charge in [-0.2, -0.15) is 5.26 Å². The molecule has 100 valence electrons. The Morgan fingerprint density at radius 3 is 3.05 bits per heavy atom. The summed E-state index contributed by atoms with van der Waals surface area (Å²) in [6.07, 6.45) is 3.67. The topological polar surface area (TPSA) is 69.0 Å². The first-order chi connectivity index (χ1) is 9.19. The molecule has 1 aliphatic rings. The minimum absolute atomic E-state index is 0.122. The summed E-state index contributed by atoms with van der Waals surface area (Å²) in [6.45, 7) is 2.96. The molecule has 1 unspecified atom stereocenters. The first-order valence-corrected chi connectivity index (χ1v) is 6.52. The van der Waals surface area contributed by atoms with Crippen LogP contribution in [0.1, 0.15) is 28.9 Å². The van der Waals surface area contributed by atoms with Crippen molar-refractivity contribution in [1.82, 2.24) is 15.2 Å². The van der Waals surface area contributed by atoms with Crippen molar-refractivity contribution in [2.24, 2.45) is 5.92 Å². The van der Waals surface area contributed by atoms with Gasteiger partial charge in [0.15, 0.2) is 0 Å². The van der Waals surface area contributed by atoms with Crippen LogP contribution in [-0.2, 0) is 0 Å². The van der Waals surface area contributed by atoms with Gasteiger partial charge < -0.3 is 10.2 Å². The zero-order valence-electron chi connectivity index (χ0n) is 11.1. The van der Waals surface area contributed by atoms with Gasteiger partial charge in [0.05, 0.1) is 5.56 Å². The van der Waals surface area contributed by atoms with Gasteiger partial charge in [-0.05, 0) is 44.5 Å². The highest BCUT2D eigenvalue weighted by atomic mass is 16.1. The molecule has 0 radical (unpaired) electrons. The Kier molecular flexibility index (Phi) is 4.48. The third-order valence-corrected chi connectivity index (χ3v) is 3.47. The minimum Gasteiger partial charge on any atom is -0.352 e. The number of hydrogen-bond donors (Lipinski definition) is 1. The fourth-order valence-electron chi connectivity index (χ4n) is 2.35. The van der Waals surface area contributed by atoms with Crippen molar-refractivity contribution in [3.63, 3.8) is 0 Å². The molecule has 2 heterocycles. The predicted molar refractivity (Wildman–Crippen MR) is 71.5 cm³/mol. The number of carbonyl (C=O) groups is 1. The number of amides is 1. The second kappa shape index (κ2) is 6.30. The molecule has 19 heavy (non-hydrogen) atoms. The highest BCUT2D eigenvalue weighted by Crippen LogP contribution is 2.17. The van der Waals surface area contributed by atoms with Crippen molar-refractivity contribution in [2.75, 3.05) is 26.7 Å². The van der Waals surface area contributed by atoms with Crippen LogP contribution in [-0.4, -0.2) is 42.5 Å². The summed E-state index contributed by atoms with van der Waals surface area (Å²) in [5, 5.41) is 11.5. The second-order valence-electron chi connectivity index (χ2n) is 5.01. The molecule has 1 N–H and O–H groups in total. The van der Waals surface area contributed by atoms with Gasteiger partial charge in [-0.3, -0.25) is 4.79 Å². The van der Waals surface area contributed by atoms with Crippen molar-refractivity contribution in [3.05, 3.63) is 29.6 Å². The fourth-order valence-corrected chi connectivity index (χ4v) is 2.35. The molecule has 5 nitrogen and oxygen atoms in total. The molecular formula is C14H18N4O. The number of pyridine rings is 1. The van der Waals surface area contributed by atoms with Crippen molar-refractivity contribution in [3.8, 4) is 6.07 Å². The van der Waals surface area contributed by atoms with E-state index in [0.717, 1.165) is 19.5 Å². The molecule has 0 saturated carbocycles. The van der Waals surface area contributed by atoms with E-state index < -0.39 is 0 Å². The normalized spacial score (nSPS) is 19.1. The molecule has 1 aliphatic heterocycles. The molecule has 1 amide bonds. The third-order valence-electron chi connectivity index (χ3n) is 3.47. The van der Waals surface area contributed by atoms with Crippen LogP contribution < -0.4 is 5.32 Å². The average Bonchev–Trinajstić information content (AvgIpc) is 2.84. The van der Waals surface area contributed by atoms with Crippen LogP contribution in [0.25, 0.3) is 0 Å². The van der Waals surface area contributed by atoms with Crippen molar-refractivity contribution >= 4 is 5.91 Å². The first-order valence-electron chi connectivity index (χ1n) is 6.52. The van der Waals surface area contributed by atoms with Crippen LogP contribution in [0.2, 0.25) is 0 Å². The van der Waals surface area contributed by atoms with Crippen LogP contribution in [0.3, 0.4) is 0 Å². The van der Waals surface area contributed by atoms with Crippen molar-refractivity contribution in [1.29, 1.82) is 5.26 Å². The Hall–Kier alpha value is -1.93. The molecule has 0 spiro atoms. The molecule has 1 aromatic rings. The third kappa shape index (κ3) is 3.76. The van der Waals surface area contributed by atoms with Gasteiger partial charge in [-0.15, -0.1) is 0 Å². The van der Waals surface area contributed by atoms with E-state index in [1.807, 2.05) is 6.07 Å². The Morgan fingerprint density at radius 2 is 2.47 bits per heavy atom. The van der Waals surface area contributed by atoms with E-state index in [-0.39, 0.29) is 5.91 Å². The number of nitrogens with one attached hydrogen (secondary N) is 1. The van der Waals surface area contributed by atoms with Crippen molar-refractivity contribution < 1.29 is 4.79 Å². The first kappa shape index (κ1) is 13.5. The lowest BCUT2D eigenvalue weighted by atomic mass is 10.1. The SMILES string of the molecule is CN1CCC(CCNC(=O)c2ccc(C#N)nc2)C1. The Morgan fingerprint density at radius 1 is 1.63 bits per heavy atom. The molecule has 0 aliphatic carbocycles. The minimum atomic E-state index is -0.122. The molecule has 1 aromatic heterocycles. The number of aromatic nitrogens is 1. The summed E-state index contributed by atoms with van der Waals surface area (Å²) >= 11 is 0. The van der Waals surface area contributed by atoms with E-state index in [1.54, 1.807) is 12.1 Å². The number of carbonyl (C=O) groups excluding carboxylic acids is 1. The molecule has 2 rings (SSSR count). The maximum Gasteiger partial charge on any atom is 0.252 e. The summed E-state index contributed by atoms with van der Waals surface area (Å²) in [7, 11) is 2.13. The van der Waals surface area contributed by atoms with Crippen LogP contribution in [0.5, 0.6) is 0 Å². The summed E-state index contributed by atoms with van der Waals surface area (Å²) in [5.74, 6) is 0.563. The van der Waals surface area contributed by atoms with E-state index in [4.69, 9.17) is 5.26 Å². The van der Waals surface area contributed by atoms with Gasteiger partial charge in [0.2, 0.25) is 0 Å². The molecule has 0 aromatic carbocycles. The van der Waals surface area contributed by atoms with Gasteiger partial charge in [0.1, 0.15) is 11.8 Å². The molecule has 5 heteroatoms. The van der Waals surface area contributed by atoms with Crippen LogP contribution >= 0.6 is 0 Å². The largest absolute Gasteiger partial charge is 0.352 e. The molecular weight excluding hydrogens is 240 g/mol. The maximum atomic E-state index is 11.8.